The Balaban J connectivity index is 3.39. The first kappa shape index (κ1) is 8.57. The van der Waals surface area contributed by atoms with E-state index in [4.69, 9.17) is 9.11 Å². The van der Waals surface area contributed by atoms with Crippen molar-refractivity contribution < 1.29 is 9.11 Å². The Labute approximate surface area is 52.9 Å². The lowest BCUT2D eigenvalue weighted by Gasteiger charge is -2.17. The van der Waals surface area contributed by atoms with Crippen LogP contribution in [0.1, 0.15) is 0 Å². The van der Waals surface area contributed by atoms with E-state index in [1.165, 1.54) is 0 Å². The molecule has 0 aromatic heterocycles. The van der Waals surface area contributed by atoms with Crippen LogP contribution in [0, 0.1) is 0 Å². The maximum absolute atomic E-state index is 8.77. The fourth-order valence-corrected chi connectivity index (χ4v) is 3.57. The summed E-state index contributed by atoms with van der Waals surface area (Å²) in [7, 11) is -2.57. The standard InChI is InChI=1S/C4H13O2PSi/c1-7(5)6-8(2,3)4/h5H,1-4H3. The largest absolute Gasteiger partial charge is 0.376 e. The van der Waals surface area contributed by atoms with Gasteiger partial charge in [0.1, 0.15) is 0 Å². The van der Waals surface area contributed by atoms with E-state index in [1.54, 1.807) is 6.66 Å². The van der Waals surface area contributed by atoms with Crippen LogP contribution in [0.25, 0.3) is 0 Å². The van der Waals surface area contributed by atoms with Crippen molar-refractivity contribution >= 4 is 16.7 Å². The summed E-state index contributed by atoms with van der Waals surface area (Å²) in [5.74, 6) is 0. The monoisotopic (exact) mass is 152 g/mol. The first-order valence-electron chi connectivity index (χ1n) is 2.53. The Kier molecular flexibility index (Phi) is 3.13. The van der Waals surface area contributed by atoms with Crippen LogP contribution < -0.4 is 0 Å². The molecular weight excluding hydrogens is 139 g/mol. The lowest BCUT2D eigenvalue weighted by atomic mass is 11.8. The minimum absolute atomic E-state index is 1.13. The molecule has 8 heavy (non-hydrogen) atoms. The summed E-state index contributed by atoms with van der Waals surface area (Å²) >= 11 is 0. The maximum atomic E-state index is 8.77. The van der Waals surface area contributed by atoms with E-state index in [0.29, 0.717) is 0 Å². The summed E-state index contributed by atoms with van der Waals surface area (Å²) in [5.41, 5.74) is 0. The van der Waals surface area contributed by atoms with Gasteiger partial charge in [-0.3, -0.25) is 0 Å². The SMILES string of the molecule is CP(O)O[Si](C)(C)C. The topological polar surface area (TPSA) is 29.5 Å². The zero-order valence-corrected chi connectivity index (χ0v) is 7.70. The first-order chi connectivity index (χ1) is 3.42. The third-order valence-electron chi connectivity index (χ3n) is 0.406. The fourth-order valence-electron chi connectivity index (χ4n) is 0.396. The van der Waals surface area contributed by atoms with Gasteiger partial charge in [0, 0.05) is 6.66 Å². The summed E-state index contributed by atoms with van der Waals surface area (Å²) in [4.78, 5) is 8.77. The Morgan fingerprint density at radius 2 is 1.75 bits per heavy atom. The average molecular weight is 152 g/mol. The van der Waals surface area contributed by atoms with E-state index < -0.39 is 16.7 Å². The molecule has 0 fully saturated rings. The summed E-state index contributed by atoms with van der Waals surface area (Å²) in [5, 5.41) is 0. The molecule has 0 aliphatic heterocycles. The Morgan fingerprint density at radius 3 is 1.75 bits per heavy atom. The van der Waals surface area contributed by atoms with Crippen molar-refractivity contribution in [2.45, 2.75) is 19.6 Å². The van der Waals surface area contributed by atoms with Crippen LogP contribution in [0.5, 0.6) is 0 Å². The van der Waals surface area contributed by atoms with Crippen LogP contribution in [-0.4, -0.2) is 19.9 Å². The van der Waals surface area contributed by atoms with Crippen molar-refractivity contribution in [3.8, 4) is 0 Å². The van der Waals surface area contributed by atoms with Crippen molar-refractivity contribution in [3.05, 3.63) is 0 Å². The van der Waals surface area contributed by atoms with E-state index >= 15 is 0 Å². The Morgan fingerprint density at radius 1 is 1.38 bits per heavy atom. The van der Waals surface area contributed by atoms with Crippen LogP contribution >= 0.6 is 8.38 Å². The highest BCUT2D eigenvalue weighted by atomic mass is 31.2. The molecule has 0 saturated heterocycles. The lowest BCUT2D eigenvalue weighted by molar-refractivity contribution is 0.494. The highest BCUT2D eigenvalue weighted by Crippen LogP contribution is 2.30. The van der Waals surface area contributed by atoms with Crippen molar-refractivity contribution in [2.75, 3.05) is 6.66 Å². The number of hydrogen-bond acceptors (Lipinski definition) is 2. The van der Waals surface area contributed by atoms with Gasteiger partial charge in [-0.2, -0.15) is 0 Å². The van der Waals surface area contributed by atoms with Gasteiger partial charge >= 0.3 is 0 Å². The summed E-state index contributed by atoms with van der Waals surface area (Å²) in [6, 6.07) is 0. The number of rotatable bonds is 2. The van der Waals surface area contributed by atoms with Gasteiger partial charge in [0.25, 0.3) is 0 Å². The smallest absolute Gasteiger partial charge is 0.191 e. The third-order valence-corrected chi connectivity index (χ3v) is 3.65. The molecule has 2 nitrogen and oxygen atoms in total. The van der Waals surface area contributed by atoms with E-state index in [0.717, 1.165) is 0 Å². The summed E-state index contributed by atoms with van der Waals surface area (Å²) in [6.45, 7) is 7.87. The van der Waals surface area contributed by atoms with Gasteiger partial charge in [0.15, 0.2) is 16.7 Å². The molecule has 0 heterocycles. The van der Waals surface area contributed by atoms with Crippen molar-refractivity contribution in [3.63, 3.8) is 0 Å². The van der Waals surface area contributed by atoms with Crippen LogP contribution in [0.3, 0.4) is 0 Å². The zero-order valence-electron chi connectivity index (χ0n) is 5.80. The molecule has 0 aromatic carbocycles. The van der Waals surface area contributed by atoms with Gasteiger partial charge in [0.05, 0.1) is 0 Å². The van der Waals surface area contributed by atoms with Crippen molar-refractivity contribution in [1.82, 2.24) is 0 Å². The molecule has 1 N–H and O–H groups in total. The molecule has 50 valence electrons. The molecular formula is C4H13O2PSi. The average Bonchev–Trinajstić information content (AvgIpc) is 1.21. The normalized spacial score (nSPS) is 16.1. The quantitative estimate of drug-likeness (QED) is 0.482. The van der Waals surface area contributed by atoms with Crippen LogP contribution in [0.4, 0.5) is 0 Å². The molecule has 0 bridgehead atoms. The second-order valence-electron chi connectivity index (χ2n) is 2.67. The van der Waals surface area contributed by atoms with Gasteiger partial charge in [-0.1, -0.05) is 0 Å². The molecule has 0 aromatic rings. The van der Waals surface area contributed by atoms with Gasteiger partial charge in [0.2, 0.25) is 0 Å². The third kappa shape index (κ3) is 6.57. The molecule has 0 spiro atoms. The van der Waals surface area contributed by atoms with Crippen LogP contribution in [0.2, 0.25) is 19.6 Å². The second-order valence-corrected chi connectivity index (χ2v) is 8.55. The number of hydrogen-bond donors (Lipinski definition) is 1. The van der Waals surface area contributed by atoms with Crippen molar-refractivity contribution in [1.29, 1.82) is 0 Å². The van der Waals surface area contributed by atoms with E-state index in [2.05, 4.69) is 19.6 Å². The molecule has 0 amide bonds. The summed E-state index contributed by atoms with van der Waals surface area (Å²) in [6.07, 6.45) is 0. The second kappa shape index (κ2) is 2.92. The van der Waals surface area contributed by atoms with E-state index in [9.17, 15) is 0 Å². The first-order valence-corrected chi connectivity index (χ1v) is 7.60. The predicted molar refractivity (Wildman–Crippen MR) is 39.5 cm³/mol. The lowest BCUT2D eigenvalue weighted by Crippen LogP contribution is -2.21. The maximum Gasteiger partial charge on any atom is 0.191 e. The van der Waals surface area contributed by atoms with Gasteiger partial charge in [-0.15, -0.1) is 0 Å². The molecule has 1 atom stereocenters. The molecule has 0 aliphatic carbocycles. The predicted octanol–water partition coefficient (Wildman–Crippen LogP) is 1.77. The molecule has 4 heteroatoms. The van der Waals surface area contributed by atoms with Gasteiger partial charge in [-0.05, 0) is 19.6 Å². The molecule has 0 aliphatic rings. The van der Waals surface area contributed by atoms with Crippen LogP contribution in [-0.2, 0) is 4.21 Å². The minimum Gasteiger partial charge on any atom is -0.376 e. The molecule has 0 saturated carbocycles. The molecule has 1 unspecified atom stereocenters. The zero-order chi connectivity index (χ0) is 6.78. The molecule has 0 rings (SSSR count). The van der Waals surface area contributed by atoms with Crippen molar-refractivity contribution in [2.24, 2.45) is 0 Å². The van der Waals surface area contributed by atoms with E-state index in [1.807, 2.05) is 0 Å². The highest BCUT2D eigenvalue weighted by Gasteiger charge is 2.16. The molecule has 0 radical (unpaired) electrons. The summed E-state index contributed by atoms with van der Waals surface area (Å²) < 4.78 is 5.20. The highest BCUT2D eigenvalue weighted by molar-refractivity contribution is 7.47. The van der Waals surface area contributed by atoms with Gasteiger partial charge < -0.3 is 9.11 Å². The van der Waals surface area contributed by atoms with E-state index in [-0.39, 0.29) is 0 Å². The van der Waals surface area contributed by atoms with Gasteiger partial charge in [-0.25, -0.2) is 0 Å². The minimum atomic E-state index is -1.44. The fraction of sp³-hybridized carbons (Fsp3) is 1.00. The van der Waals surface area contributed by atoms with Crippen LogP contribution in [0.15, 0.2) is 0 Å². The Hall–Kier alpha value is 0.567. The Bertz CT molecular complexity index is 68.9.